The summed E-state index contributed by atoms with van der Waals surface area (Å²) in [7, 11) is 0. The summed E-state index contributed by atoms with van der Waals surface area (Å²) in [5.74, 6) is 0. The Morgan fingerprint density at radius 3 is 1.53 bits per heavy atom. The highest BCUT2D eigenvalue weighted by Crippen LogP contribution is 2.14. The minimum Gasteiger partial charge on any atom is -0.0535 e. The maximum absolute atomic E-state index is 3.25. The molecule has 2 aromatic carbocycles. The van der Waals surface area contributed by atoms with E-state index < -0.39 is 0 Å². The molecule has 0 saturated heterocycles. The van der Waals surface area contributed by atoms with Gasteiger partial charge in [-0.2, -0.15) is 0 Å². The fourth-order valence-electron chi connectivity index (χ4n) is 1.55. The molecule has 2 rings (SSSR count). The average Bonchev–Trinajstić information content (AvgIpc) is 2.24. The van der Waals surface area contributed by atoms with Crippen LogP contribution < -0.4 is 0 Å². The number of hydrogen-bond acceptors (Lipinski definition) is 0. The second-order valence-electron chi connectivity index (χ2n) is 3.63. The second-order valence-corrected chi connectivity index (χ2v) is 3.63. The zero-order valence-electron chi connectivity index (χ0n) is 9.02. The van der Waals surface area contributed by atoms with Gasteiger partial charge in [0.1, 0.15) is 0 Å². The predicted molar refractivity (Wildman–Crippen MR) is 60.5 cm³/mol. The number of aryl methyl sites for hydroxylation is 2. The van der Waals surface area contributed by atoms with Crippen molar-refractivity contribution >= 4 is 0 Å². The van der Waals surface area contributed by atoms with Crippen molar-refractivity contribution in [3.05, 3.63) is 70.8 Å². The van der Waals surface area contributed by atoms with Crippen LogP contribution in [0.15, 0.2) is 24.3 Å². The molecule has 15 heavy (non-hydrogen) atoms. The lowest BCUT2D eigenvalue weighted by atomic mass is 9.98. The van der Waals surface area contributed by atoms with Crippen molar-refractivity contribution in [3.63, 3.8) is 0 Å². The lowest BCUT2D eigenvalue weighted by Crippen LogP contribution is -1.94. The van der Waals surface area contributed by atoms with Crippen LogP contribution in [0.25, 0.3) is 0 Å². The van der Waals surface area contributed by atoms with Crippen LogP contribution in [0.2, 0.25) is 0 Å². The Balaban J connectivity index is 2.30. The molecule has 0 N–H and O–H groups in total. The Hall–Kier alpha value is -1.56. The van der Waals surface area contributed by atoms with Crippen molar-refractivity contribution in [1.29, 1.82) is 0 Å². The molecule has 0 spiro atoms. The van der Waals surface area contributed by atoms with Crippen molar-refractivity contribution < 1.29 is 0 Å². The van der Waals surface area contributed by atoms with Crippen LogP contribution in [0.3, 0.4) is 0 Å². The van der Waals surface area contributed by atoms with Gasteiger partial charge in [-0.05, 0) is 66.8 Å². The van der Waals surface area contributed by atoms with E-state index in [4.69, 9.17) is 0 Å². The molecule has 0 aliphatic carbocycles. The molecule has 0 fully saturated rings. The summed E-state index contributed by atoms with van der Waals surface area (Å²) in [5.41, 5.74) is 4.70. The van der Waals surface area contributed by atoms with Gasteiger partial charge in [-0.3, -0.25) is 0 Å². The molecule has 0 saturated carbocycles. The molecule has 2 aromatic rings. The van der Waals surface area contributed by atoms with Crippen LogP contribution >= 0.6 is 0 Å². The Bertz CT molecular complexity index is 412. The summed E-state index contributed by atoms with van der Waals surface area (Å²) < 4.78 is 0. The molecule has 0 heteroatoms. The van der Waals surface area contributed by atoms with E-state index >= 15 is 0 Å². The minimum atomic E-state index is 0.867. The van der Waals surface area contributed by atoms with E-state index in [0.717, 1.165) is 17.5 Å². The van der Waals surface area contributed by atoms with Crippen LogP contribution in [-0.4, -0.2) is 0 Å². The largest absolute Gasteiger partial charge is 0.0535 e. The molecule has 0 heterocycles. The van der Waals surface area contributed by atoms with Gasteiger partial charge in [0.05, 0.1) is 0 Å². The maximum Gasteiger partial charge on any atom is -0.000775 e. The first-order valence-corrected chi connectivity index (χ1v) is 5.03. The third kappa shape index (κ3) is 2.27. The summed E-state index contributed by atoms with van der Waals surface area (Å²) in [6.07, 6.45) is 0.867. The Kier molecular flexibility index (Phi) is 2.86. The summed E-state index contributed by atoms with van der Waals surface area (Å²) in [4.78, 5) is 0. The summed E-state index contributed by atoms with van der Waals surface area (Å²) in [6, 6.07) is 20.5. The van der Waals surface area contributed by atoms with Gasteiger partial charge in [0.2, 0.25) is 0 Å². The van der Waals surface area contributed by atoms with Crippen LogP contribution in [0.5, 0.6) is 0 Å². The highest BCUT2D eigenvalue weighted by Gasteiger charge is 2.02. The van der Waals surface area contributed by atoms with Crippen molar-refractivity contribution in [1.82, 2.24) is 0 Å². The van der Waals surface area contributed by atoms with E-state index in [-0.39, 0.29) is 0 Å². The van der Waals surface area contributed by atoms with E-state index in [9.17, 15) is 0 Å². The minimum absolute atomic E-state index is 0.867. The van der Waals surface area contributed by atoms with Crippen molar-refractivity contribution in [2.45, 2.75) is 20.3 Å². The molecule has 4 radical (unpaired) electrons. The average molecular weight is 192 g/mol. The smallest absolute Gasteiger partial charge is 0.000775 e. The van der Waals surface area contributed by atoms with Crippen molar-refractivity contribution in [2.75, 3.05) is 0 Å². The highest BCUT2D eigenvalue weighted by molar-refractivity contribution is 5.33. The first-order valence-electron chi connectivity index (χ1n) is 5.03. The number of rotatable bonds is 2. The molecule has 72 valence electrons. The Labute approximate surface area is 91.6 Å². The summed E-state index contributed by atoms with van der Waals surface area (Å²) in [5, 5.41) is 0. The standard InChI is InChI=1S/C15H12/c1-12-7-3-5-9-14(12)11-15-10-6-4-8-13(15)2/h3-6H,11H2,1-2H3. The third-order valence-corrected chi connectivity index (χ3v) is 2.54. The van der Waals surface area contributed by atoms with Gasteiger partial charge < -0.3 is 0 Å². The normalized spacial score (nSPS) is 10.3. The fraction of sp³-hybridized carbons (Fsp3) is 0.200. The topological polar surface area (TPSA) is 0 Å². The number of hydrogen-bond donors (Lipinski definition) is 0. The van der Waals surface area contributed by atoms with Crippen molar-refractivity contribution in [3.8, 4) is 0 Å². The molecule has 0 unspecified atom stereocenters. The fourth-order valence-corrected chi connectivity index (χ4v) is 1.55. The molecular formula is C15H12. The van der Waals surface area contributed by atoms with Gasteiger partial charge in [0, 0.05) is 0 Å². The SMILES string of the molecule is Cc1[c]cc[c]c1Cc1[c]cc[c]c1C. The zero-order chi connectivity index (χ0) is 10.7. The first-order chi connectivity index (χ1) is 7.27. The maximum atomic E-state index is 3.25. The molecule has 0 amide bonds. The Morgan fingerprint density at radius 2 is 1.13 bits per heavy atom. The van der Waals surface area contributed by atoms with Gasteiger partial charge >= 0.3 is 0 Å². The quantitative estimate of drug-likeness (QED) is 0.686. The summed E-state index contributed by atoms with van der Waals surface area (Å²) >= 11 is 0. The van der Waals surface area contributed by atoms with Crippen LogP contribution in [-0.2, 0) is 6.42 Å². The molecule has 0 aromatic heterocycles. The molecular weight excluding hydrogens is 180 g/mol. The molecule has 0 bridgehead atoms. The van der Waals surface area contributed by atoms with Crippen LogP contribution in [0, 0.1) is 38.1 Å². The summed E-state index contributed by atoms with van der Waals surface area (Å²) in [6.45, 7) is 4.13. The highest BCUT2D eigenvalue weighted by atomic mass is 14.1. The first kappa shape index (κ1) is 9.97. The van der Waals surface area contributed by atoms with Crippen LogP contribution in [0.1, 0.15) is 22.3 Å². The monoisotopic (exact) mass is 192 g/mol. The van der Waals surface area contributed by atoms with E-state index in [1.54, 1.807) is 0 Å². The van der Waals surface area contributed by atoms with E-state index in [0.29, 0.717) is 0 Å². The molecule has 0 aliphatic rings. The zero-order valence-corrected chi connectivity index (χ0v) is 9.02. The van der Waals surface area contributed by atoms with Gasteiger partial charge in [0.25, 0.3) is 0 Å². The van der Waals surface area contributed by atoms with Gasteiger partial charge in [-0.25, -0.2) is 0 Å². The lowest BCUT2D eigenvalue weighted by molar-refractivity contribution is 1.12. The molecule has 0 aliphatic heterocycles. The van der Waals surface area contributed by atoms with Gasteiger partial charge in [0.15, 0.2) is 0 Å². The van der Waals surface area contributed by atoms with Gasteiger partial charge in [-0.15, -0.1) is 0 Å². The van der Waals surface area contributed by atoms with Crippen molar-refractivity contribution in [2.24, 2.45) is 0 Å². The van der Waals surface area contributed by atoms with Crippen LogP contribution in [0.4, 0.5) is 0 Å². The molecule has 0 atom stereocenters. The number of benzene rings is 2. The predicted octanol–water partition coefficient (Wildman–Crippen LogP) is 3.10. The Morgan fingerprint density at radius 1 is 0.733 bits per heavy atom. The van der Waals surface area contributed by atoms with E-state index in [1.807, 2.05) is 24.3 Å². The molecule has 0 nitrogen and oxygen atoms in total. The van der Waals surface area contributed by atoms with E-state index in [1.165, 1.54) is 11.1 Å². The van der Waals surface area contributed by atoms with Gasteiger partial charge in [-0.1, -0.05) is 24.3 Å². The lowest BCUT2D eigenvalue weighted by Gasteiger charge is -2.06. The van der Waals surface area contributed by atoms with E-state index in [2.05, 4.69) is 38.1 Å². The third-order valence-electron chi connectivity index (χ3n) is 2.54. The second kappa shape index (κ2) is 4.31.